The maximum atomic E-state index is 4.72. The first-order valence-corrected chi connectivity index (χ1v) is 7.02. The second kappa shape index (κ2) is 6.05. The number of hydrogen-bond donors (Lipinski definition) is 1. The van der Waals surface area contributed by atoms with Gasteiger partial charge in [-0.25, -0.2) is 9.56 Å². The quantitative estimate of drug-likeness (QED) is 0.340. The SMILES string of the molecule is CNc1ccc2nc3ccc(=[N+](C)C)cc-3sc2c1.[I-]. The Kier molecular flexibility index (Phi) is 4.59. The lowest BCUT2D eigenvalue weighted by molar-refractivity contribution is -0.00000383. The van der Waals surface area contributed by atoms with Crippen LogP contribution >= 0.6 is 11.3 Å². The molecule has 0 fully saturated rings. The van der Waals surface area contributed by atoms with Gasteiger partial charge in [-0.3, -0.25) is 0 Å². The van der Waals surface area contributed by atoms with Crippen LogP contribution < -0.4 is 39.2 Å². The third-order valence-corrected chi connectivity index (χ3v) is 4.26. The van der Waals surface area contributed by atoms with Gasteiger partial charge in [0.2, 0.25) is 5.36 Å². The van der Waals surface area contributed by atoms with E-state index in [0.29, 0.717) is 0 Å². The zero-order valence-corrected chi connectivity index (χ0v) is 14.6. The summed E-state index contributed by atoms with van der Waals surface area (Å²) < 4.78 is 3.32. The van der Waals surface area contributed by atoms with Crippen molar-refractivity contribution in [2.45, 2.75) is 0 Å². The van der Waals surface area contributed by atoms with E-state index in [2.05, 4.69) is 60.4 Å². The molecule has 104 valence electrons. The minimum atomic E-state index is 0. The third kappa shape index (κ3) is 2.78. The van der Waals surface area contributed by atoms with E-state index < -0.39 is 0 Å². The molecule has 0 saturated carbocycles. The molecular formula is C15H16IN3S. The number of rotatable bonds is 1. The second-order valence-electron chi connectivity index (χ2n) is 4.69. The first-order chi connectivity index (χ1) is 9.17. The van der Waals surface area contributed by atoms with Crippen molar-refractivity contribution < 1.29 is 24.0 Å². The van der Waals surface area contributed by atoms with Crippen molar-refractivity contribution in [1.29, 1.82) is 0 Å². The molecule has 3 nitrogen and oxygen atoms in total. The Morgan fingerprint density at radius 2 is 1.90 bits per heavy atom. The average molecular weight is 397 g/mol. The van der Waals surface area contributed by atoms with Crippen LogP contribution in [0.25, 0.3) is 20.8 Å². The summed E-state index contributed by atoms with van der Waals surface area (Å²) >= 11 is 1.78. The van der Waals surface area contributed by atoms with Gasteiger partial charge in [0.15, 0.2) is 0 Å². The van der Waals surface area contributed by atoms with Crippen molar-refractivity contribution in [1.82, 2.24) is 9.56 Å². The normalized spacial score (nSPS) is 10.3. The molecule has 20 heavy (non-hydrogen) atoms. The van der Waals surface area contributed by atoms with Crippen LogP contribution in [0, 0.1) is 0 Å². The van der Waals surface area contributed by atoms with Gasteiger partial charge in [-0.05, 0) is 24.3 Å². The largest absolute Gasteiger partial charge is 1.00 e. The molecule has 0 bridgehead atoms. The lowest BCUT2D eigenvalue weighted by atomic mass is 10.2. The van der Waals surface area contributed by atoms with Crippen molar-refractivity contribution in [2.75, 3.05) is 26.5 Å². The van der Waals surface area contributed by atoms with Gasteiger partial charge >= 0.3 is 0 Å². The third-order valence-electron chi connectivity index (χ3n) is 3.17. The summed E-state index contributed by atoms with van der Waals surface area (Å²) in [4.78, 5) is 5.93. The van der Waals surface area contributed by atoms with Crippen molar-refractivity contribution in [3.05, 3.63) is 41.8 Å². The van der Waals surface area contributed by atoms with E-state index in [1.54, 1.807) is 11.3 Å². The Bertz CT molecular complexity index is 791. The molecule has 1 aromatic rings. The van der Waals surface area contributed by atoms with Gasteiger partial charge in [0.05, 0.1) is 20.8 Å². The summed E-state index contributed by atoms with van der Waals surface area (Å²) in [7, 11) is 6.04. The van der Waals surface area contributed by atoms with Gasteiger partial charge in [-0.2, -0.15) is 0 Å². The highest BCUT2D eigenvalue weighted by molar-refractivity contribution is 7.21. The van der Waals surface area contributed by atoms with Crippen molar-refractivity contribution in [3.8, 4) is 10.6 Å². The molecule has 1 aromatic carbocycles. The fourth-order valence-corrected chi connectivity index (χ4v) is 3.09. The summed E-state index contributed by atoms with van der Waals surface area (Å²) in [6, 6.07) is 12.7. The zero-order valence-electron chi connectivity index (χ0n) is 11.6. The molecule has 1 aliphatic heterocycles. The molecule has 2 aliphatic rings. The van der Waals surface area contributed by atoms with E-state index in [-0.39, 0.29) is 24.0 Å². The van der Waals surface area contributed by atoms with Gasteiger partial charge in [-0.15, -0.1) is 11.3 Å². The Labute approximate surface area is 139 Å². The number of aromatic nitrogens is 1. The number of fused-ring (bicyclic) bond motifs is 2. The second-order valence-corrected chi connectivity index (χ2v) is 5.78. The standard InChI is InChI=1S/C15H15N3S.HI/c1-16-10-4-6-12-14(8-10)19-15-9-11(18(2)3)5-7-13(15)17-12;/h4-9H,1-3H3;1H. The van der Waals surface area contributed by atoms with Crippen LogP contribution in [0.5, 0.6) is 0 Å². The van der Waals surface area contributed by atoms with Gasteiger partial charge in [0.25, 0.3) is 0 Å². The molecule has 0 spiro atoms. The van der Waals surface area contributed by atoms with Crippen molar-refractivity contribution in [2.24, 2.45) is 0 Å². The van der Waals surface area contributed by atoms with E-state index in [9.17, 15) is 0 Å². The summed E-state index contributed by atoms with van der Waals surface area (Å²) in [5.41, 5.74) is 3.23. The molecule has 3 rings (SSSR count). The van der Waals surface area contributed by atoms with Crippen LogP contribution in [-0.2, 0) is 0 Å². The molecule has 0 aromatic heterocycles. The molecule has 0 atom stereocenters. The van der Waals surface area contributed by atoms with Gasteiger partial charge in [0, 0.05) is 24.9 Å². The fraction of sp³-hybridized carbons (Fsp3) is 0.200. The van der Waals surface area contributed by atoms with Crippen molar-refractivity contribution >= 4 is 27.2 Å². The first-order valence-electron chi connectivity index (χ1n) is 6.20. The fourth-order valence-electron chi connectivity index (χ4n) is 2.05. The maximum Gasteiger partial charge on any atom is 0.201 e. The summed E-state index contributed by atoms with van der Waals surface area (Å²) in [6.45, 7) is 0. The Morgan fingerprint density at radius 3 is 2.60 bits per heavy atom. The molecule has 0 amide bonds. The van der Waals surface area contributed by atoms with Gasteiger partial charge in [-0.1, -0.05) is 0 Å². The van der Waals surface area contributed by atoms with Crippen LogP contribution in [0.1, 0.15) is 0 Å². The van der Waals surface area contributed by atoms with E-state index in [1.165, 1.54) is 14.9 Å². The number of anilines is 1. The van der Waals surface area contributed by atoms with Crippen molar-refractivity contribution in [3.63, 3.8) is 0 Å². The van der Waals surface area contributed by atoms with Crippen LogP contribution in [0.2, 0.25) is 0 Å². The van der Waals surface area contributed by atoms with Crippen LogP contribution in [0.4, 0.5) is 5.69 Å². The molecule has 1 N–H and O–H groups in total. The summed E-state index contributed by atoms with van der Waals surface area (Å²) in [5.74, 6) is 0. The number of nitrogens with zero attached hydrogens (tertiary/aromatic N) is 2. The highest BCUT2D eigenvalue weighted by atomic mass is 127. The van der Waals surface area contributed by atoms with Gasteiger partial charge < -0.3 is 29.3 Å². The maximum absolute atomic E-state index is 4.72. The molecule has 5 heteroatoms. The Hall–Kier alpha value is -1.21. The molecule has 0 unspecified atom stereocenters. The summed E-state index contributed by atoms with van der Waals surface area (Å²) in [5, 5.41) is 4.37. The molecule has 1 heterocycles. The topological polar surface area (TPSA) is 27.9 Å². The highest BCUT2D eigenvalue weighted by Crippen LogP contribution is 2.30. The lowest BCUT2D eigenvalue weighted by Crippen LogP contribution is -3.00. The minimum Gasteiger partial charge on any atom is -1.00 e. The van der Waals surface area contributed by atoms with E-state index in [1.807, 2.05) is 7.05 Å². The van der Waals surface area contributed by atoms with Crippen LogP contribution in [0.15, 0.2) is 36.4 Å². The molecular weight excluding hydrogens is 381 g/mol. The Balaban J connectivity index is 0.00000147. The highest BCUT2D eigenvalue weighted by Gasteiger charge is 2.08. The van der Waals surface area contributed by atoms with Crippen LogP contribution in [0.3, 0.4) is 0 Å². The molecule has 0 saturated heterocycles. The summed E-state index contributed by atoms with van der Waals surface area (Å²) in [6.07, 6.45) is 0. The monoisotopic (exact) mass is 397 g/mol. The van der Waals surface area contributed by atoms with Gasteiger partial charge in [0.1, 0.15) is 14.1 Å². The predicted molar refractivity (Wildman–Crippen MR) is 82.9 cm³/mol. The number of hydrogen-bond acceptors (Lipinski definition) is 3. The smallest absolute Gasteiger partial charge is 0.201 e. The zero-order chi connectivity index (χ0) is 13.4. The first kappa shape index (κ1) is 15.2. The lowest BCUT2D eigenvalue weighted by Gasteiger charge is -2.07. The number of nitrogens with one attached hydrogen (secondary N) is 1. The van der Waals surface area contributed by atoms with E-state index in [0.717, 1.165) is 16.9 Å². The minimum absolute atomic E-state index is 0. The number of halogens is 1. The number of benzene rings is 2. The van der Waals surface area contributed by atoms with E-state index in [4.69, 9.17) is 4.98 Å². The molecule has 1 aliphatic carbocycles. The predicted octanol–water partition coefficient (Wildman–Crippen LogP) is -0.521. The molecule has 0 radical (unpaired) electrons. The van der Waals surface area contributed by atoms with E-state index >= 15 is 0 Å². The average Bonchev–Trinajstić information content (AvgIpc) is 2.43. The van der Waals surface area contributed by atoms with Crippen LogP contribution in [-0.4, -0.2) is 26.1 Å². The Morgan fingerprint density at radius 1 is 1.10 bits per heavy atom.